The lowest BCUT2D eigenvalue weighted by molar-refractivity contribution is -0.887. The molecule has 48 heavy (non-hydrogen) atoms. The van der Waals surface area contributed by atoms with Crippen molar-refractivity contribution in [2.75, 3.05) is 40.3 Å². The Labute approximate surface area is 305 Å². The number of aliphatic hydroxyl groups excluding tert-OH is 2. The van der Waals surface area contributed by atoms with Gasteiger partial charge in [0, 0.05) is 25.0 Å². The smallest absolute Gasteiger partial charge is 0.330 e. The number of hydrogen-bond donors (Lipinski definition) is 4. The molecule has 0 bridgehead atoms. The monoisotopic (exact) mass is 791 g/mol. The zero-order valence-electron chi connectivity index (χ0n) is 29.7. The maximum absolute atomic E-state index is 12.3. The molecular weight excluding hydrogens is 729 g/mol. The molecule has 0 spiro atoms. The van der Waals surface area contributed by atoms with E-state index in [1.165, 1.54) is 0 Å². The van der Waals surface area contributed by atoms with Crippen molar-refractivity contribution >= 4 is 23.8 Å². The van der Waals surface area contributed by atoms with Gasteiger partial charge in [-0.25, -0.2) is 9.59 Å². The molecule has 0 heterocycles. The number of likely N-dealkylation sites (N-methyl/N-ethyl adjacent to an activating group) is 1. The summed E-state index contributed by atoms with van der Waals surface area (Å²) in [7, 11) is 4.04. The summed E-state index contributed by atoms with van der Waals surface area (Å²) in [6, 6.07) is 0. The zero-order chi connectivity index (χ0) is 35.5. The molecule has 0 aliphatic heterocycles. The van der Waals surface area contributed by atoms with Gasteiger partial charge in [-0.1, -0.05) is 77.0 Å². The minimum absolute atomic E-state index is 0. The lowest BCUT2D eigenvalue weighted by Gasteiger charge is -2.29. The number of halogens is 1. The summed E-state index contributed by atoms with van der Waals surface area (Å²) in [4.78, 5) is 47.8. The highest BCUT2D eigenvalue weighted by Gasteiger charge is 2.22. The Bertz CT molecular complexity index is 926. The Hall–Kier alpha value is -2.55. The number of ether oxygens (including phenoxy) is 2. The van der Waals surface area contributed by atoms with Crippen molar-refractivity contribution in [3.05, 3.63) is 49.6 Å². The van der Waals surface area contributed by atoms with Crippen molar-refractivity contribution in [3.63, 3.8) is 0 Å². The summed E-state index contributed by atoms with van der Waals surface area (Å²) in [5, 5.41) is 26.8. The predicted octanol–water partition coefficient (Wildman–Crippen LogP) is 1.05. The maximum Gasteiger partial charge on any atom is 0.330 e. The number of amides is 2. The topological polar surface area (TPSA) is 151 Å². The number of carbonyl (C=O) groups is 4. The van der Waals surface area contributed by atoms with Gasteiger partial charge in [0.25, 0.3) is 0 Å². The summed E-state index contributed by atoms with van der Waals surface area (Å²) in [6.45, 7) is 13.3. The maximum atomic E-state index is 12.3. The Kier molecular flexibility index (Phi) is 29.1. The summed E-state index contributed by atoms with van der Waals surface area (Å²) in [5.74, 6) is -1.39. The minimum Gasteiger partial charge on any atom is -1.00 e. The number of unbranched alkanes of at least 4 members (excludes halogenated alkanes) is 4. The Morgan fingerprint density at radius 3 is 1.40 bits per heavy atom. The minimum atomic E-state index is -0.856. The standard InChI is InChI=1S/C36H61N3O8.HI/c1-7-11-13-21-31(46-35(44)9-3)29(40)19-15-17-23-33(42)37-25-27-39(5,6)28-26-38-34(43)24-18-16-20-30(41)32(22-14-12-8-2)47-36(45)10-4;/h9-10,15-18,29-32,40-41H,3-4,7-8,11-14,19-28H2,1-2,5-6H3,(H-,37,38,42,43);1H/b17-15+,18-16+;. The van der Waals surface area contributed by atoms with Gasteiger partial charge in [0.05, 0.1) is 52.5 Å². The average Bonchev–Trinajstić information content (AvgIpc) is 3.03. The van der Waals surface area contributed by atoms with Crippen molar-refractivity contribution in [1.29, 1.82) is 0 Å². The van der Waals surface area contributed by atoms with Crippen LogP contribution in [0.3, 0.4) is 0 Å². The molecule has 276 valence electrons. The van der Waals surface area contributed by atoms with Crippen LogP contribution in [0.25, 0.3) is 0 Å². The number of aliphatic hydroxyl groups is 2. The van der Waals surface area contributed by atoms with Gasteiger partial charge in [-0.3, -0.25) is 9.59 Å². The van der Waals surface area contributed by atoms with E-state index in [-0.39, 0.29) is 61.5 Å². The second-order valence-electron chi connectivity index (χ2n) is 12.4. The predicted molar refractivity (Wildman–Crippen MR) is 185 cm³/mol. The van der Waals surface area contributed by atoms with E-state index in [4.69, 9.17) is 9.47 Å². The third-order valence-corrected chi connectivity index (χ3v) is 7.68. The highest BCUT2D eigenvalue weighted by atomic mass is 127. The summed E-state index contributed by atoms with van der Waals surface area (Å²) in [5.41, 5.74) is 0. The van der Waals surface area contributed by atoms with Crippen LogP contribution in [0.4, 0.5) is 0 Å². The normalized spacial score (nSPS) is 14.0. The van der Waals surface area contributed by atoms with Crippen LogP contribution in [-0.2, 0) is 28.7 Å². The van der Waals surface area contributed by atoms with Gasteiger partial charge in [0.1, 0.15) is 12.2 Å². The van der Waals surface area contributed by atoms with Crippen LogP contribution < -0.4 is 34.6 Å². The largest absolute Gasteiger partial charge is 1.00 e. The molecule has 0 aliphatic carbocycles. The van der Waals surface area contributed by atoms with Crippen LogP contribution in [-0.4, -0.2) is 103 Å². The van der Waals surface area contributed by atoms with E-state index in [1.54, 1.807) is 24.3 Å². The van der Waals surface area contributed by atoms with E-state index in [0.29, 0.717) is 43.5 Å². The van der Waals surface area contributed by atoms with Gasteiger partial charge >= 0.3 is 11.9 Å². The van der Waals surface area contributed by atoms with Gasteiger partial charge < -0.3 is 58.8 Å². The molecule has 0 saturated carbocycles. The fourth-order valence-corrected chi connectivity index (χ4v) is 4.65. The number of quaternary nitrogens is 1. The molecule has 0 aliphatic rings. The van der Waals surface area contributed by atoms with Gasteiger partial charge in [-0.05, 0) is 38.5 Å². The van der Waals surface area contributed by atoms with Crippen LogP contribution in [0.2, 0.25) is 0 Å². The third kappa shape index (κ3) is 25.5. The molecular formula is C36H62IN3O8. The van der Waals surface area contributed by atoms with Gasteiger partial charge in [0.2, 0.25) is 11.8 Å². The van der Waals surface area contributed by atoms with Crippen LogP contribution in [0.1, 0.15) is 90.9 Å². The molecule has 12 heteroatoms. The summed E-state index contributed by atoms with van der Waals surface area (Å²) < 4.78 is 11.2. The molecule has 0 fully saturated rings. The number of rotatable bonds is 28. The number of carbonyl (C=O) groups excluding carboxylic acids is 4. The number of nitrogens with zero attached hydrogens (tertiary/aromatic N) is 1. The molecule has 4 N–H and O–H groups in total. The first-order valence-electron chi connectivity index (χ1n) is 17.1. The van der Waals surface area contributed by atoms with Crippen LogP contribution in [0, 0.1) is 0 Å². The van der Waals surface area contributed by atoms with E-state index < -0.39 is 36.4 Å². The fourth-order valence-electron chi connectivity index (χ4n) is 4.65. The first kappa shape index (κ1) is 47.6. The van der Waals surface area contributed by atoms with Gasteiger partial charge in [-0.15, -0.1) is 0 Å². The van der Waals surface area contributed by atoms with Crippen molar-refractivity contribution in [2.45, 2.75) is 115 Å². The number of hydrogen-bond acceptors (Lipinski definition) is 8. The van der Waals surface area contributed by atoms with Crippen LogP contribution in [0.5, 0.6) is 0 Å². The van der Waals surface area contributed by atoms with Crippen molar-refractivity contribution in [3.8, 4) is 0 Å². The van der Waals surface area contributed by atoms with Crippen molar-refractivity contribution in [2.24, 2.45) is 0 Å². The van der Waals surface area contributed by atoms with Crippen LogP contribution in [0.15, 0.2) is 49.6 Å². The van der Waals surface area contributed by atoms with Crippen molar-refractivity contribution < 1.29 is 67.3 Å². The number of nitrogens with one attached hydrogen (secondary N) is 2. The van der Waals surface area contributed by atoms with Crippen molar-refractivity contribution in [1.82, 2.24) is 10.6 Å². The Balaban J connectivity index is 0. The lowest BCUT2D eigenvalue weighted by atomic mass is 10.0. The fraction of sp³-hybridized carbons (Fsp3) is 0.667. The molecule has 0 aromatic heterocycles. The Morgan fingerprint density at radius 2 is 1.06 bits per heavy atom. The van der Waals surface area contributed by atoms with E-state index in [0.717, 1.165) is 50.7 Å². The van der Waals surface area contributed by atoms with Gasteiger partial charge in [-0.2, -0.15) is 0 Å². The molecule has 0 radical (unpaired) electrons. The van der Waals surface area contributed by atoms with E-state index in [9.17, 15) is 29.4 Å². The molecule has 0 aromatic rings. The first-order chi connectivity index (χ1) is 22.4. The molecule has 11 nitrogen and oxygen atoms in total. The molecule has 4 unspecified atom stereocenters. The highest BCUT2D eigenvalue weighted by molar-refractivity contribution is 5.81. The second kappa shape index (κ2) is 29.4. The van der Waals surface area contributed by atoms with Crippen LogP contribution >= 0.6 is 0 Å². The zero-order valence-corrected chi connectivity index (χ0v) is 31.8. The second-order valence-corrected chi connectivity index (χ2v) is 12.4. The van der Waals surface area contributed by atoms with E-state index in [2.05, 4.69) is 37.6 Å². The first-order valence-corrected chi connectivity index (χ1v) is 17.1. The summed E-state index contributed by atoms with van der Waals surface area (Å²) >= 11 is 0. The van der Waals surface area contributed by atoms with E-state index >= 15 is 0 Å². The Morgan fingerprint density at radius 1 is 0.688 bits per heavy atom. The quantitative estimate of drug-likeness (QED) is 0.0230. The third-order valence-electron chi connectivity index (χ3n) is 7.68. The molecule has 4 atom stereocenters. The summed E-state index contributed by atoms with van der Waals surface area (Å²) in [6.07, 6.45) is 13.8. The molecule has 2 amide bonds. The number of esters is 2. The average molecular weight is 792 g/mol. The molecule has 0 rings (SSSR count). The van der Waals surface area contributed by atoms with Gasteiger partial charge in [0.15, 0.2) is 0 Å². The molecule has 0 saturated heterocycles. The lowest BCUT2D eigenvalue weighted by Crippen LogP contribution is -3.00. The SMILES string of the molecule is C=CC(=O)OC(CCCCC)C(O)C/C=C/CC(=O)NCC[N+](C)(C)CCNC(=O)C/C=C/CC(O)C(CCCCC)OC(=O)C=C.[I-]. The highest BCUT2D eigenvalue weighted by Crippen LogP contribution is 2.15. The molecule has 0 aromatic carbocycles. The van der Waals surface area contributed by atoms with E-state index in [1.807, 2.05) is 14.1 Å².